The summed E-state index contributed by atoms with van der Waals surface area (Å²) in [6.45, 7) is 2.24. The maximum Gasteiger partial charge on any atom is 0.337 e. The van der Waals surface area contributed by atoms with Crippen LogP contribution in [0.15, 0.2) is 77.7 Å². The first-order valence-electron chi connectivity index (χ1n) is 11.6. The quantitative estimate of drug-likeness (QED) is 0.354. The van der Waals surface area contributed by atoms with E-state index in [1.165, 1.54) is 56.7 Å². The van der Waals surface area contributed by atoms with Gasteiger partial charge in [-0.1, -0.05) is 30.3 Å². The molecule has 0 saturated heterocycles. The molecule has 0 saturated carbocycles. The Morgan fingerprint density at radius 3 is 1.95 bits per heavy atom. The minimum Gasteiger partial charge on any atom is -0.494 e. The van der Waals surface area contributed by atoms with E-state index in [1.54, 1.807) is 30.3 Å². The van der Waals surface area contributed by atoms with Crippen molar-refractivity contribution in [1.82, 2.24) is 4.72 Å². The molecule has 0 aliphatic heterocycles. The van der Waals surface area contributed by atoms with Gasteiger partial charge in [0.15, 0.2) is 0 Å². The van der Waals surface area contributed by atoms with Crippen LogP contribution in [0, 0.1) is 0 Å². The number of amides is 1. The third kappa shape index (κ3) is 7.40. The minimum absolute atomic E-state index is 0.000257. The molecule has 0 fully saturated rings. The first-order chi connectivity index (χ1) is 18.2. The van der Waals surface area contributed by atoms with Crippen LogP contribution in [0.25, 0.3) is 0 Å². The monoisotopic (exact) mass is 540 g/mol. The highest BCUT2D eigenvalue weighted by molar-refractivity contribution is 7.89. The molecule has 0 bridgehead atoms. The predicted octanol–water partition coefficient (Wildman–Crippen LogP) is 3.19. The number of carbonyl (C=O) groups excluding carboxylic acids is 3. The molecule has 38 heavy (non-hydrogen) atoms. The van der Waals surface area contributed by atoms with Crippen molar-refractivity contribution in [1.29, 1.82) is 0 Å². The number of benzene rings is 3. The summed E-state index contributed by atoms with van der Waals surface area (Å²) in [7, 11) is -1.76. The normalized spacial score (nSPS) is 11.8. The van der Waals surface area contributed by atoms with Crippen molar-refractivity contribution in [2.45, 2.75) is 24.3 Å². The topological polar surface area (TPSA) is 137 Å². The van der Waals surface area contributed by atoms with Gasteiger partial charge < -0.3 is 19.5 Å². The van der Waals surface area contributed by atoms with Crippen molar-refractivity contribution >= 4 is 33.6 Å². The highest BCUT2D eigenvalue weighted by Crippen LogP contribution is 2.20. The third-order valence-corrected chi connectivity index (χ3v) is 6.87. The molecule has 0 aliphatic rings. The largest absolute Gasteiger partial charge is 0.494 e. The molecule has 0 radical (unpaired) electrons. The van der Waals surface area contributed by atoms with Crippen LogP contribution in [0.5, 0.6) is 5.75 Å². The second kappa shape index (κ2) is 12.8. The zero-order valence-corrected chi connectivity index (χ0v) is 21.9. The molecule has 10 nitrogen and oxygen atoms in total. The Morgan fingerprint density at radius 2 is 1.42 bits per heavy atom. The average Bonchev–Trinajstić information content (AvgIpc) is 2.92. The molecule has 200 valence electrons. The van der Waals surface area contributed by atoms with Crippen LogP contribution in [0.1, 0.15) is 33.2 Å². The number of rotatable bonds is 11. The van der Waals surface area contributed by atoms with E-state index in [2.05, 4.69) is 10.0 Å². The Morgan fingerprint density at radius 1 is 0.842 bits per heavy atom. The summed E-state index contributed by atoms with van der Waals surface area (Å²) < 4.78 is 43.6. The summed E-state index contributed by atoms with van der Waals surface area (Å²) in [6.07, 6.45) is 0.0312. The Bertz CT molecular complexity index is 1360. The van der Waals surface area contributed by atoms with Crippen molar-refractivity contribution in [3.8, 4) is 5.75 Å². The maximum absolute atomic E-state index is 13.4. The van der Waals surface area contributed by atoms with Crippen LogP contribution >= 0.6 is 0 Å². The van der Waals surface area contributed by atoms with Gasteiger partial charge in [-0.15, -0.1) is 0 Å². The van der Waals surface area contributed by atoms with E-state index in [1.807, 2.05) is 6.92 Å². The molecule has 1 atom stereocenters. The first kappa shape index (κ1) is 28.4. The summed E-state index contributed by atoms with van der Waals surface area (Å²) in [5, 5.41) is 2.60. The van der Waals surface area contributed by atoms with Gasteiger partial charge in [0.2, 0.25) is 15.9 Å². The first-order valence-corrected chi connectivity index (χ1v) is 13.1. The van der Waals surface area contributed by atoms with Gasteiger partial charge >= 0.3 is 11.9 Å². The molecule has 0 aliphatic carbocycles. The number of hydrogen-bond acceptors (Lipinski definition) is 8. The molecule has 0 heterocycles. The summed E-state index contributed by atoms with van der Waals surface area (Å²) in [4.78, 5) is 37.6. The Kier molecular flexibility index (Phi) is 9.58. The number of carbonyl (C=O) groups is 3. The fourth-order valence-corrected chi connectivity index (χ4v) is 4.77. The van der Waals surface area contributed by atoms with E-state index in [0.717, 1.165) is 0 Å². The van der Waals surface area contributed by atoms with Crippen LogP contribution in [0.4, 0.5) is 5.69 Å². The Labute approximate surface area is 221 Å². The summed E-state index contributed by atoms with van der Waals surface area (Å²) in [6, 6.07) is 17.3. The number of nitrogens with one attached hydrogen (secondary N) is 2. The van der Waals surface area contributed by atoms with Gasteiger partial charge in [0.25, 0.3) is 0 Å². The van der Waals surface area contributed by atoms with Crippen molar-refractivity contribution in [3.05, 3.63) is 89.5 Å². The van der Waals surface area contributed by atoms with Gasteiger partial charge in [-0.25, -0.2) is 18.0 Å². The van der Waals surface area contributed by atoms with Crippen LogP contribution in [0.3, 0.4) is 0 Å². The zero-order valence-electron chi connectivity index (χ0n) is 21.1. The number of esters is 2. The molecule has 0 aromatic heterocycles. The molecule has 3 aromatic carbocycles. The van der Waals surface area contributed by atoms with Crippen LogP contribution < -0.4 is 14.8 Å². The lowest BCUT2D eigenvalue weighted by molar-refractivity contribution is -0.117. The lowest BCUT2D eigenvalue weighted by Crippen LogP contribution is -2.45. The van der Waals surface area contributed by atoms with Crippen LogP contribution in [-0.4, -0.2) is 53.1 Å². The van der Waals surface area contributed by atoms with Crippen LogP contribution in [-0.2, 0) is 30.7 Å². The fraction of sp³-hybridized carbons (Fsp3) is 0.222. The van der Waals surface area contributed by atoms with E-state index in [0.29, 0.717) is 17.9 Å². The summed E-state index contributed by atoms with van der Waals surface area (Å²) >= 11 is 0. The van der Waals surface area contributed by atoms with Gasteiger partial charge in [-0.05, 0) is 61.4 Å². The summed E-state index contributed by atoms with van der Waals surface area (Å²) in [5.74, 6) is -1.66. The number of methoxy groups -OCH3 is 2. The van der Waals surface area contributed by atoms with Gasteiger partial charge in [0, 0.05) is 5.69 Å². The summed E-state index contributed by atoms with van der Waals surface area (Å²) in [5.41, 5.74) is 0.790. The van der Waals surface area contributed by atoms with Crippen LogP contribution in [0.2, 0.25) is 0 Å². The van der Waals surface area contributed by atoms with E-state index in [4.69, 9.17) is 14.2 Å². The van der Waals surface area contributed by atoms with Crippen molar-refractivity contribution in [2.24, 2.45) is 0 Å². The second-order valence-electron chi connectivity index (χ2n) is 8.04. The van der Waals surface area contributed by atoms with Crippen molar-refractivity contribution in [2.75, 3.05) is 26.1 Å². The Balaban J connectivity index is 1.93. The fourth-order valence-electron chi connectivity index (χ4n) is 3.58. The van der Waals surface area contributed by atoms with Gasteiger partial charge in [-0.2, -0.15) is 4.72 Å². The zero-order chi connectivity index (χ0) is 27.7. The second-order valence-corrected chi connectivity index (χ2v) is 9.75. The number of ether oxygens (including phenoxy) is 3. The van der Waals surface area contributed by atoms with Crippen molar-refractivity contribution < 1.29 is 37.0 Å². The number of sulfonamides is 1. The standard InChI is InChI=1S/C27H28N2O8S/c1-4-37-22-10-12-23(13-11-22)38(33,34)29-24(14-18-8-6-5-7-9-18)25(30)28-21-16-19(26(31)35-2)15-20(17-21)27(32)36-3/h5-13,15-17,24,29H,4,14H2,1-3H3,(H,28,30)/t24-/m1/s1. The van der Waals surface area contributed by atoms with E-state index < -0.39 is 33.9 Å². The Hall–Kier alpha value is -4.22. The number of anilines is 1. The van der Waals surface area contributed by atoms with E-state index >= 15 is 0 Å². The van der Waals surface area contributed by atoms with E-state index in [9.17, 15) is 22.8 Å². The highest BCUT2D eigenvalue weighted by Gasteiger charge is 2.27. The van der Waals surface area contributed by atoms with Gasteiger partial charge in [0.05, 0.1) is 36.8 Å². The molecule has 3 rings (SSSR count). The predicted molar refractivity (Wildman–Crippen MR) is 140 cm³/mol. The highest BCUT2D eigenvalue weighted by atomic mass is 32.2. The lowest BCUT2D eigenvalue weighted by Gasteiger charge is -2.19. The molecule has 1 amide bonds. The van der Waals surface area contributed by atoms with Gasteiger partial charge in [0.1, 0.15) is 11.8 Å². The molecule has 2 N–H and O–H groups in total. The molecular formula is C27H28N2O8S. The molecule has 11 heteroatoms. The minimum atomic E-state index is -4.11. The number of hydrogen-bond donors (Lipinski definition) is 2. The van der Waals surface area contributed by atoms with E-state index in [-0.39, 0.29) is 28.1 Å². The maximum atomic E-state index is 13.4. The SMILES string of the molecule is CCOc1ccc(S(=O)(=O)N[C@H](Cc2ccccc2)C(=O)Nc2cc(C(=O)OC)cc(C(=O)OC)c2)cc1. The smallest absolute Gasteiger partial charge is 0.337 e. The molecule has 0 spiro atoms. The van der Waals surface area contributed by atoms with Crippen molar-refractivity contribution in [3.63, 3.8) is 0 Å². The van der Waals surface area contributed by atoms with Gasteiger partial charge in [-0.3, -0.25) is 4.79 Å². The molecular weight excluding hydrogens is 512 g/mol. The lowest BCUT2D eigenvalue weighted by atomic mass is 10.1. The average molecular weight is 541 g/mol. The molecule has 3 aromatic rings. The molecule has 0 unspecified atom stereocenters. The third-order valence-electron chi connectivity index (χ3n) is 5.38.